The van der Waals surface area contributed by atoms with Gasteiger partial charge in [0, 0.05) is 10.2 Å². The quantitative estimate of drug-likeness (QED) is 0.684. The Kier molecular flexibility index (Phi) is 3.43. The Hall–Kier alpha value is 0.180. The molecular weight excluding hydrogens is 208 g/mol. The molecule has 1 aromatic rings. The fourth-order valence-corrected chi connectivity index (χ4v) is 2.63. The Bertz CT molecular complexity index is 193. The average molecular weight is 219 g/mol. The maximum absolute atomic E-state index is 3.44. The lowest BCUT2D eigenvalue weighted by Gasteiger charge is -1.95. The second-order valence-corrected chi connectivity index (χ2v) is 3.96. The summed E-state index contributed by atoms with van der Waals surface area (Å²) in [5, 5.41) is 3.26. The van der Waals surface area contributed by atoms with Crippen molar-refractivity contribution in [3.05, 3.63) is 21.9 Å². The molecule has 0 aromatic carbocycles. The lowest BCUT2D eigenvalue weighted by Crippen LogP contribution is -1.85. The van der Waals surface area contributed by atoms with E-state index < -0.39 is 0 Å². The Morgan fingerprint density at radius 2 is 2.40 bits per heavy atom. The first-order valence-corrected chi connectivity index (χ1v) is 5.49. The highest BCUT2D eigenvalue weighted by Crippen LogP contribution is 2.18. The predicted octanol–water partition coefficient (Wildman–Crippen LogP) is 3.25. The van der Waals surface area contributed by atoms with Crippen molar-refractivity contribution in [1.82, 2.24) is 0 Å². The Morgan fingerprint density at radius 1 is 1.60 bits per heavy atom. The van der Waals surface area contributed by atoms with E-state index in [9.17, 15) is 0 Å². The highest BCUT2D eigenvalue weighted by atomic mass is 79.9. The fourth-order valence-electron chi connectivity index (χ4n) is 0.987. The summed E-state index contributed by atoms with van der Waals surface area (Å²) in [4.78, 5) is 1.54. The van der Waals surface area contributed by atoms with Crippen LogP contribution in [0.5, 0.6) is 0 Å². The van der Waals surface area contributed by atoms with Gasteiger partial charge in [0.05, 0.1) is 0 Å². The number of alkyl halides is 1. The van der Waals surface area contributed by atoms with Gasteiger partial charge >= 0.3 is 0 Å². The largest absolute Gasteiger partial charge is 0.149 e. The minimum atomic E-state index is 1.08. The SMILES string of the molecule is CCc1ccsc1CCBr. The van der Waals surface area contributed by atoms with Crippen molar-refractivity contribution in [2.45, 2.75) is 19.8 Å². The highest BCUT2D eigenvalue weighted by Gasteiger charge is 1.99. The predicted molar refractivity (Wildman–Crippen MR) is 51.2 cm³/mol. The van der Waals surface area contributed by atoms with Crippen molar-refractivity contribution < 1.29 is 0 Å². The van der Waals surface area contributed by atoms with Gasteiger partial charge in [0.2, 0.25) is 0 Å². The van der Waals surface area contributed by atoms with Crippen molar-refractivity contribution in [3.8, 4) is 0 Å². The van der Waals surface area contributed by atoms with Crippen LogP contribution in [0.25, 0.3) is 0 Å². The van der Waals surface area contributed by atoms with Crippen LogP contribution in [0.2, 0.25) is 0 Å². The maximum atomic E-state index is 3.44. The Morgan fingerprint density at radius 3 is 3.00 bits per heavy atom. The van der Waals surface area contributed by atoms with Gasteiger partial charge in [0.25, 0.3) is 0 Å². The van der Waals surface area contributed by atoms with Gasteiger partial charge in [-0.1, -0.05) is 22.9 Å². The second-order valence-electron chi connectivity index (χ2n) is 2.16. The van der Waals surface area contributed by atoms with Gasteiger partial charge in [0.1, 0.15) is 0 Å². The lowest BCUT2D eigenvalue weighted by atomic mass is 10.2. The molecule has 56 valence electrons. The van der Waals surface area contributed by atoms with Crippen LogP contribution < -0.4 is 0 Å². The molecule has 0 amide bonds. The van der Waals surface area contributed by atoms with Crippen molar-refractivity contribution >= 4 is 27.3 Å². The zero-order chi connectivity index (χ0) is 7.40. The van der Waals surface area contributed by atoms with Crippen LogP contribution >= 0.6 is 27.3 Å². The monoisotopic (exact) mass is 218 g/mol. The molecule has 0 saturated carbocycles. The molecule has 0 nitrogen and oxygen atoms in total. The lowest BCUT2D eigenvalue weighted by molar-refractivity contribution is 1.08. The fraction of sp³-hybridized carbons (Fsp3) is 0.500. The zero-order valence-corrected chi connectivity index (χ0v) is 8.46. The van der Waals surface area contributed by atoms with Crippen LogP contribution in [0.15, 0.2) is 11.4 Å². The third-order valence-electron chi connectivity index (χ3n) is 1.54. The molecule has 2 heteroatoms. The van der Waals surface area contributed by atoms with Crippen LogP contribution in [0, 0.1) is 0 Å². The molecule has 0 aliphatic heterocycles. The molecule has 0 fully saturated rings. The highest BCUT2D eigenvalue weighted by molar-refractivity contribution is 9.09. The first-order chi connectivity index (χ1) is 4.88. The molecular formula is C8H11BrS. The van der Waals surface area contributed by atoms with Gasteiger partial charge in [-0.25, -0.2) is 0 Å². The molecule has 0 aliphatic rings. The number of hydrogen-bond donors (Lipinski definition) is 0. The molecule has 0 saturated heterocycles. The third kappa shape index (κ3) is 1.83. The van der Waals surface area contributed by atoms with Crippen LogP contribution in [0.1, 0.15) is 17.4 Å². The summed E-state index contributed by atoms with van der Waals surface area (Å²) < 4.78 is 0. The van der Waals surface area contributed by atoms with E-state index in [0.717, 1.165) is 5.33 Å². The molecule has 0 radical (unpaired) electrons. The zero-order valence-electron chi connectivity index (χ0n) is 6.06. The molecule has 0 aliphatic carbocycles. The topological polar surface area (TPSA) is 0 Å². The van der Waals surface area contributed by atoms with E-state index in [-0.39, 0.29) is 0 Å². The maximum Gasteiger partial charge on any atom is 0.00854 e. The number of thiophene rings is 1. The van der Waals surface area contributed by atoms with Crippen molar-refractivity contribution in [3.63, 3.8) is 0 Å². The summed E-state index contributed by atoms with van der Waals surface area (Å²) in [5.41, 5.74) is 1.52. The molecule has 1 rings (SSSR count). The summed E-state index contributed by atoms with van der Waals surface area (Å²) in [7, 11) is 0. The van der Waals surface area contributed by atoms with Crippen molar-refractivity contribution in [2.75, 3.05) is 5.33 Å². The molecule has 1 aromatic heterocycles. The Labute approximate surface area is 74.4 Å². The number of hydrogen-bond acceptors (Lipinski definition) is 1. The van der Waals surface area contributed by atoms with E-state index in [1.54, 1.807) is 4.88 Å². The van der Waals surface area contributed by atoms with Crippen LogP contribution in [-0.2, 0) is 12.8 Å². The smallest absolute Gasteiger partial charge is 0.00854 e. The van der Waals surface area contributed by atoms with Gasteiger partial charge in [0.15, 0.2) is 0 Å². The van der Waals surface area contributed by atoms with E-state index in [2.05, 4.69) is 34.3 Å². The van der Waals surface area contributed by atoms with Gasteiger partial charge in [-0.3, -0.25) is 0 Å². The van der Waals surface area contributed by atoms with E-state index in [1.807, 2.05) is 11.3 Å². The standard InChI is InChI=1S/C8H11BrS/c1-2-7-4-6-10-8(7)3-5-9/h4,6H,2-3,5H2,1H3. The minimum Gasteiger partial charge on any atom is -0.149 e. The first kappa shape index (κ1) is 8.28. The normalized spacial score (nSPS) is 10.2. The van der Waals surface area contributed by atoms with Gasteiger partial charge in [-0.05, 0) is 29.9 Å². The van der Waals surface area contributed by atoms with Crippen molar-refractivity contribution in [1.29, 1.82) is 0 Å². The first-order valence-electron chi connectivity index (χ1n) is 3.49. The summed E-state index contributed by atoms with van der Waals surface area (Å²) in [6.07, 6.45) is 2.35. The van der Waals surface area contributed by atoms with E-state index in [1.165, 1.54) is 18.4 Å². The van der Waals surface area contributed by atoms with E-state index >= 15 is 0 Å². The van der Waals surface area contributed by atoms with Crippen LogP contribution in [0.4, 0.5) is 0 Å². The molecule has 0 bridgehead atoms. The average Bonchev–Trinajstić information content (AvgIpc) is 2.36. The second kappa shape index (κ2) is 4.14. The molecule has 1 heterocycles. The molecule has 0 spiro atoms. The summed E-state index contributed by atoms with van der Waals surface area (Å²) in [5.74, 6) is 0. The van der Waals surface area contributed by atoms with Crippen LogP contribution in [-0.4, -0.2) is 5.33 Å². The van der Waals surface area contributed by atoms with Crippen LogP contribution in [0.3, 0.4) is 0 Å². The van der Waals surface area contributed by atoms with Gasteiger partial charge in [-0.2, -0.15) is 0 Å². The number of aryl methyl sites for hydroxylation is 2. The van der Waals surface area contributed by atoms with Gasteiger partial charge < -0.3 is 0 Å². The number of halogens is 1. The minimum absolute atomic E-state index is 1.08. The molecule has 0 atom stereocenters. The van der Waals surface area contributed by atoms with Gasteiger partial charge in [-0.15, -0.1) is 11.3 Å². The summed E-state index contributed by atoms with van der Waals surface area (Å²) in [6, 6.07) is 2.22. The molecule has 0 unspecified atom stereocenters. The third-order valence-corrected chi connectivity index (χ3v) is 2.96. The van der Waals surface area contributed by atoms with E-state index in [4.69, 9.17) is 0 Å². The molecule has 10 heavy (non-hydrogen) atoms. The molecule has 0 N–H and O–H groups in total. The van der Waals surface area contributed by atoms with Crippen molar-refractivity contribution in [2.24, 2.45) is 0 Å². The Balaban J connectivity index is 2.70. The number of rotatable bonds is 3. The van der Waals surface area contributed by atoms with E-state index in [0.29, 0.717) is 0 Å². The summed E-state index contributed by atoms with van der Waals surface area (Å²) in [6.45, 7) is 2.21. The summed E-state index contributed by atoms with van der Waals surface area (Å²) >= 11 is 5.31.